The van der Waals surface area contributed by atoms with Crippen LogP contribution in [0.4, 0.5) is 0 Å². The van der Waals surface area contributed by atoms with Crippen LogP contribution in [0.3, 0.4) is 0 Å². The number of aliphatic carboxylic acids is 1. The van der Waals surface area contributed by atoms with E-state index in [1.54, 1.807) is 42.5 Å². The van der Waals surface area contributed by atoms with E-state index in [-0.39, 0.29) is 29.6 Å². The molecule has 3 aromatic carbocycles. The SMILES string of the molecule is CCCCC(CCCC)CC(=O)C(c1ccc(OCc2ccccc2)c(Cl)c1)C(C(=O)O)C(=O)Cc1ccc(Cl)cc1. The normalized spacial score (nSPS) is 12.6. The maximum absolute atomic E-state index is 14.0. The van der Waals surface area contributed by atoms with Crippen molar-refractivity contribution in [1.29, 1.82) is 0 Å². The minimum Gasteiger partial charge on any atom is -0.487 e. The van der Waals surface area contributed by atoms with Crippen molar-refractivity contribution < 1.29 is 24.2 Å². The number of carboxylic acids is 1. The van der Waals surface area contributed by atoms with Gasteiger partial charge in [0.1, 0.15) is 24.1 Å². The molecule has 0 saturated carbocycles. The van der Waals surface area contributed by atoms with Gasteiger partial charge in [-0.2, -0.15) is 0 Å². The van der Waals surface area contributed by atoms with Gasteiger partial charge >= 0.3 is 5.97 Å². The van der Waals surface area contributed by atoms with Gasteiger partial charge in [0.05, 0.1) is 10.9 Å². The lowest BCUT2D eigenvalue weighted by Gasteiger charge is -2.26. The maximum Gasteiger partial charge on any atom is 0.315 e. The average molecular weight is 612 g/mol. The lowest BCUT2D eigenvalue weighted by molar-refractivity contribution is -0.149. The number of carbonyl (C=O) groups excluding carboxylic acids is 2. The summed E-state index contributed by atoms with van der Waals surface area (Å²) >= 11 is 12.6. The van der Waals surface area contributed by atoms with Gasteiger partial charge in [-0.05, 0) is 46.9 Å². The van der Waals surface area contributed by atoms with Crippen molar-refractivity contribution in [2.75, 3.05) is 0 Å². The number of halogens is 2. The van der Waals surface area contributed by atoms with E-state index in [2.05, 4.69) is 13.8 Å². The van der Waals surface area contributed by atoms with Gasteiger partial charge in [0.25, 0.3) is 0 Å². The van der Waals surface area contributed by atoms with Crippen molar-refractivity contribution in [1.82, 2.24) is 0 Å². The number of ketones is 2. The molecular weight excluding hydrogens is 571 g/mol. The molecule has 224 valence electrons. The Balaban J connectivity index is 1.94. The highest BCUT2D eigenvalue weighted by molar-refractivity contribution is 6.32. The lowest BCUT2D eigenvalue weighted by Crippen LogP contribution is -2.36. The Hall–Kier alpha value is -3.15. The smallest absolute Gasteiger partial charge is 0.315 e. The first-order chi connectivity index (χ1) is 20.2. The highest BCUT2D eigenvalue weighted by atomic mass is 35.5. The zero-order chi connectivity index (χ0) is 30.5. The summed E-state index contributed by atoms with van der Waals surface area (Å²) in [6.07, 6.45) is 5.87. The molecule has 0 saturated heterocycles. The Morgan fingerprint density at radius 1 is 0.810 bits per heavy atom. The molecule has 0 amide bonds. The Labute approximate surface area is 259 Å². The number of hydrogen-bond acceptors (Lipinski definition) is 4. The molecule has 3 rings (SSSR count). The third-order valence-corrected chi connectivity index (χ3v) is 8.11. The molecule has 0 aliphatic heterocycles. The number of rotatable bonds is 18. The molecule has 0 heterocycles. The summed E-state index contributed by atoms with van der Waals surface area (Å²) in [6, 6.07) is 21.2. The summed E-state index contributed by atoms with van der Waals surface area (Å²) in [5, 5.41) is 11.1. The van der Waals surface area contributed by atoms with E-state index in [1.165, 1.54) is 0 Å². The van der Waals surface area contributed by atoms with E-state index >= 15 is 0 Å². The first-order valence-electron chi connectivity index (χ1n) is 14.7. The van der Waals surface area contributed by atoms with Crippen LogP contribution in [0, 0.1) is 11.8 Å². The number of carboxylic acid groups (broad SMARTS) is 1. The van der Waals surface area contributed by atoms with Crippen molar-refractivity contribution in [3.05, 3.63) is 99.5 Å². The molecule has 0 fully saturated rings. The number of ether oxygens (including phenoxy) is 1. The number of carbonyl (C=O) groups is 3. The third-order valence-electron chi connectivity index (χ3n) is 7.56. The van der Waals surface area contributed by atoms with Crippen LogP contribution in [-0.4, -0.2) is 22.6 Å². The third kappa shape index (κ3) is 9.99. The number of benzene rings is 3. The van der Waals surface area contributed by atoms with Crippen LogP contribution in [0.5, 0.6) is 5.75 Å². The Kier molecular flexibility index (Phi) is 13.6. The monoisotopic (exact) mass is 610 g/mol. The molecule has 2 unspecified atom stereocenters. The predicted molar refractivity (Wildman–Crippen MR) is 168 cm³/mol. The molecular formula is C35H40Cl2O5. The summed E-state index contributed by atoms with van der Waals surface area (Å²) in [6.45, 7) is 4.53. The first-order valence-corrected chi connectivity index (χ1v) is 15.5. The topological polar surface area (TPSA) is 80.7 Å². The molecule has 0 aliphatic rings. The molecule has 0 bridgehead atoms. The molecule has 2 atom stereocenters. The minimum absolute atomic E-state index is 0.126. The maximum atomic E-state index is 14.0. The summed E-state index contributed by atoms with van der Waals surface area (Å²) < 4.78 is 5.90. The molecule has 42 heavy (non-hydrogen) atoms. The average Bonchev–Trinajstić information content (AvgIpc) is 2.97. The van der Waals surface area contributed by atoms with Gasteiger partial charge in [-0.3, -0.25) is 14.4 Å². The molecule has 0 radical (unpaired) electrons. The van der Waals surface area contributed by atoms with Gasteiger partial charge < -0.3 is 9.84 Å². The van der Waals surface area contributed by atoms with Crippen LogP contribution in [0.2, 0.25) is 10.0 Å². The molecule has 5 nitrogen and oxygen atoms in total. The van der Waals surface area contributed by atoms with Gasteiger partial charge in [0.2, 0.25) is 0 Å². The molecule has 0 aromatic heterocycles. The van der Waals surface area contributed by atoms with E-state index in [4.69, 9.17) is 27.9 Å². The molecule has 1 N–H and O–H groups in total. The fraction of sp³-hybridized carbons (Fsp3) is 0.400. The van der Waals surface area contributed by atoms with Gasteiger partial charge in [-0.15, -0.1) is 0 Å². The highest BCUT2D eigenvalue weighted by Crippen LogP contribution is 2.36. The lowest BCUT2D eigenvalue weighted by atomic mass is 9.76. The second-order valence-corrected chi connectivity index (χ2v) is 11.7. The second-order valence-electron chi connectivity index (χ2n) is 10.8. The Bertz CT molecular complexity index is 1300. The van der Waals surface area contributed by atoms with Crippen molar-refractivity contribution in [3.8, 4) is 5.75 Å². The predicted octanol–water partition coefficient (Wildman–Crippen LogP) is 9.12. The summed E-state index contributed by atoms with van der Waals surface area (Å²) in [5.41, 5.74) is 2.00. The van der Waals surface area contributed by atoms with E-state index in [9.17, 15) is 19.5 Å². The van der Waals surface area contributed by atoms with Crippen LogP contribution >= 0.6 is 23.2 Å². The molecule has 3 aromatic rings. The zero-order valence-corrected chi connectivity index (χ0v) is 25.9. The second kappa shape index (κ2) is 17.1. The van der Waals surface area contributed by atoms with Crippen molar-refractivity contribution in [2.24, 2.45) is 11.8 Å². The number of hydrogen-bond donors (Lipinski definition) is 1. The van der Waals surface area contributed by atoms with Crippen LogP contribution in [0.1, 0.15) is 81.4 Å². The standard InChI is InChI=1S/C35H40Cl2O5/c1-3-5-10-24(11-6-4-2)20-30(38)33(34(35(40)41)31(39)21-25-14-17-28(36)18-15-25)27-16-19-32(29(37)22-27)42-23-26-12-8-7-9-13-26/h7-9,12-19,22,24,33-34H,3-6,10-11,20-21,23H2,1-2H3,(H,40,41). The molecule has 0 spiro atoms. The van der Waals surface area contributed by atoms with Crippen LogP contribution < -0.4 is 4.74 Å². The quantitative estimate of drug-likeness (QED) is 0.145. The minimum atomic E-state index is -1.56. The molecule has 0 aliphatic carbocycles. The summed E-state index contributed by atoms with van der Waals surface area (Å²) in [7, 11) is 0. The summed E-state index contributed by atoms with van der Waals surface area (Å²) in [5.74, 6) is -4.30. The van der Waals surface area contributed by atoms with Crippen LogP contribution in [0.15, 0.2) is 72.8 Å². The highest BCUT2D eigenvalue weighted by Gasteiger charge is 2.40. The fourth-order valence-electron chi connectivity index (χ4n) is 5.25. The van der Waals surface area contributed by atoms with E-state index < -0.39 is 23.6 Å². The largest absolute Gasteiger partial charge is 0.487 e. The van der Waals surface area contributed by atoms with Crippen molar-refractivity contribution in [2.45, 2.75) is 77.7 Å². The van der Waals surface area contributed by atoms with E-state index in [1.807, 2.05) is 30.3 Å². The van der Waals surface area contributed by atoms with Crippen LogP contribution in [0.25, 0.3) is 0 Å². The summed E-state index contributed by atoms with van der Waals surface area (Å²) in [4.78, 5) is 40.3. The van der Waals surface area contributed by atoms with Crippen molar-refractivity contribution >= 4 is 40.7 Å². The van der Waals surface area contributed by atoms with E-state index in [0.29, 0.717) is 28.5 Å². The molecule has 7 heteroatoms. The first kappa shape index (κ1) is 33.4. The van der Waals surface area contributed by atoms with Gasteiger partial charge in [-0.25, -0.2) is 0 Å². The zero-order valence-electron chi connectivity index (χ0n) is 24.4. The Morgan fingerprint density at radius 3 is 2.02 bits per heavy atom. The fourth-order valence-corrected chi connectivity index (χ4v) is 5.62. The van der Waals surface area contributed by atoms with Gasteiger partial charge in [-0.1, -0.05) is 124 Å². The van der Waals surface area contributed by atoms with Gasteiger partial charge in [0, 0.05) is 17.9 Å². The number of Topliss-reactive ketones (excluding diaryl/α,β-unsaturated/α-hetero) is 2. The number of unbranched alkanes of at least 4 members (excludes halogenated alkanes) is 2. The van der Waals surface area contributed by atoms with Crippen LogP contribution in [-0.2, 0) is 27.4 Å². The van der Waals surface area contributed by atoms with Gasteiger partial charge in [0.15, 0.2) is 5.78 Å². The Morgan fingerprint density at radius 2 is 1.45 bits per heavy atom. The van der Waals surface area contributed by atoms with E-state index in [0.717, 1.165) is 44.1 Å². The van der Waals surface area contributed by atoms with Crippen molar-refractivity contribution in [3.63, 3.8) is 0 Å².